The second kappa shape index (κ2) is 12.4. The summed E-state index contributed by atoms with van der Waals surface area (Å²) < 4.78 is 17.2. The van der Waals surface area contributed by atoms with E-state index in [1.165, 1.54) is 24.7 Å². The van der Waals surface area contributed by atoms with E-state index in [0.717, 1.165) is 57.5 Å². The minimum atomic E-state index is -0.234. The molecule has 7 nitrogen and oxygen atoms in total. The molecule has 2 fully saturated rings. The highest BCUT2D eigenvalue weighted by atomic mass is 16.5. The summed E-state index contributed by atoms with van der Waals surface area (Å²) >= 11 is 0. The summed E-state index contributed by atoms with van der Waals surface area (Å²) in [5.41, 5.74) is 3.18. The number of hydrogen-bond donors (Lipinski definition) is 0. The fraction of sp³-hybridized carbons (Fsp3) is 0.562. The summed E-state index contributed by atoms with van der Waals surface area (Å²) in [6.07, 6.45) is 6.55. The molecular weight excluding hydrogens is 490 g/mol. The summed E-state index contributed by atoms with van der Waals surface area (Å²) in [5, 5.41) is 0. The van der Waals surface area contributed by atoms with Crippen LogP contribution in [-0.4, -0.2) is 69.0 Å². The molecule has 1 saturated carbocycles. The Balaban J connectivity index is 1.29. The number of benzene rings is 2. The molecule has 1 amide bonds. The van der Waals surface area contributed by atoms with Crippen molar-refractivity contribution in [1.82, 2.24) is 9.80 Å². The molecule has 2 heterocycles. The number of likely N-dealkylation sites (tertiary alicyclic amines) is 1. The zero-order valence-corrected chi connectivity index (χ0v) is 23.3. The number of ether oxygens (including phenoxy) is 3. The number of hydrogen-bond acceptors (Lipinski definition) is 5. The lowest BCUT2D eigenvalue weighted by molar-refractivity contribution is -0.0219. The highest BCUT2D eigenvalue weighted by molar-refractivity contribution is 5.68. The van der Waals surface area contributed by atoms with E-state index in [1.807, 2.05) is 24.1 Å². The molecule has 1 aliphatic carbocycles. The van der Waals surface area contributed by atoms with Crippen molar-refractivity contribution in [3.63, 3.8) is 0 Å². The molecule has 1 unspecified atom stereocenters. The number of amides is 1. The zero-order chi connectivity index (χ0) is 27.2. The van der Waals surface area contributed by atoms with E-state index in [2.05, 4.69) is 34.0 Å². The second-order valence-corrected chi connectivity index (χ2v) is 11.3. The Hall–Kier alpha value is -3.08. The van der Waals surface area contributed by atoms with Crippen molar-refractivity contribution in [2.75, 3.05) is 47.0 Å². The topological polar surface area (TPSA) is 55.6 Å². The SMILES string of the molecule is [C-]#[N+]c1ccc(OCCCN2CCC(C3([C@H]4CCC[C@@H]4OC)CN(C(=O)OC)Cc4ccccc43)CC2)cc1. The molecule has 5 rings (SSSR count). The van der Waals surface area contributed by atoms with E-state index in [-0.39, 0.29) is 17.6 Å². The minimum absolute atomic E-state index is 0.132. The molecule has 0 radical (unpaired) electrons. The number of nitrogens with zero attached hydrogens (tertiary/aromatic N) is 3. The van der Waals surface area contributed by atoms with Crippen molar-refractivity contribution in [3.05, 3.63) is 71.1 Å². The van der Waals surface area contributed by atoms with Gasteiger partial charge in [0.25, 0.3) is 0 Å². The maximum absolute atomic E-state index is 12.9. The maximum Gasteiger partial charge on any atom is 0.409 e. The van der Waals surface area contributed by atoms with Crippen LogP contribution in [0, 0.1) is 18.4 Å². The first-order chi connectivity index (χ1) is 19.1. The van der Waals surface area contributed by atoms with E-state index in [0.29, 0.717) is 37.2 Å². The van der Waals surface area contributed by atoms with Gasteiger partial charge in [0.1, 0.15) is 5.75 Å². The molecule has 7 heteroatoms. The molecule has 1 saturated heterocycles. The Morgan fingerprint density at radius 2 is 1.82 bits per heavy atom. The summed E-state index contributed by atoms with van der Waals surface area (Å²) in [4.78, 5) is 20.8. The van der Waals surface area contributed by atoms with Crippen LogP contribution in [0.2, 0.25) is 0 Å². The number of carbonyl (C=O) groups excluding carboxylic acids is 1. The molecule has 0 N–H and O–H groups in total. The molecule has 2 aromatic rings. The van der Waals surface area contributed by atoms with Crippen LogP contribution in [0.4, 0.5) is 10.5 Å². The van der Waals surface area contributed by atoms with E-state index < -0.39 is 0 Å². The largest absolute Gasteiger partial charge is 0.494 e. The van der Waals surface area contributed by atoms with Gasteiger partial charge in [-0.25, -0.2) is 9.64 Å². The lowest BCUT2D eigenvalue weighted by Crippen LogP contribution is -2.59. The first-order valence-electron chi connectivity index (χ1n) is 14.4. The predicted molar refractivity (Wildman–Crippen MR) is 151 cm³/mol. The van der Waals surface area contributed by atoms with Gasteiger partial charge >= 0.3 is 6.09 Å². The third-order valence-corrected chi connectivity index (χ3v) is 9.35. The molecule has 208 valence electrons. The van der Waals surface area contributed by atoms with Crippen LogP contribution >= 0.6 is 0 Å². The van der Waals surface area contributed by atoms with Crippen molar-refractivity contribution in [2.24, 2.45) is 11.8 Å². The number of carbonyl (C=O) groups is 1. The van der Waals surface area contributed by atoms with Gasteiger partial charge in [-0.3, -0.25) is 0 Å². The number of fused-ring (bicyclic) bond motifs is 1. The predicted octanol–water partition coefficient (Wildman–Crippen LogP) is 6.05. The van der Waals surface area contributed by atoms with Crippen LogP contribution in [-0.2, 0) is 21.4 Å². The molecule has 3 atom stereocenters. The number of methoxy groups -OCH3 is 2. The molecule has 3 aliphatic rings. The lowest BCUT2D eigenvalue weighted by atomic mass is 9.56. The average Bonchev–Trinajstić information content (AvgIpc) is 3.48. The average molecular weight is 532 g/mol. The summed E-state index contributed by atoms with van der Waals surface area (Å²) in [6, 6.07) is 16.1. The van der Waals surface area contributed by atoms with Crippen molar-refractivity contribution in [2.45, 2.75) is 56.6 Å². The smallest absolute Gasteiger partial charge is 0.409 e. The monoisotopic (exact) mass is 531 g/mol. The van der Waals surface area contributed by atoms with E-state index >= 15 is 0 Å². The van der Waals surface area contributed by atoms with Crippen LogP contribution in [0.5, 0.6) is 5.75 Å². The molecule has 2 aromatic carbocycles. The minimum Gasteiger partial charge on any atom is -0.494 e. The van der Waals surface area contributed by atoms with Crippen LogP contribution in [0.15, 0.2) is 48.5 Å². The van der Waals surface area contributed by atoms with Gasteiger partial charge in [-0.2, -0.15) is 0 Å². The van der Waals surface area contributed by atoms with Crippen LogP contribution < -0.4 is 4.74 Å². The van der Waals surface area contributed by atoms with Gasteiger partial charge in [0.2, 0.25) is 0 Å². The van der Waals surface area contributed by atoms with Gasteiger partial charge in [-0.05, 0) is 80.3 Å². The number of piperidine rings is 1. The highest BCUT2D eigenvalue weighted by Crippen LogP contribution is 2.54. The van der Waals surface area contributed by atoms with E-state index in [9.17, 15) is 4.79 Å². The Labute approximate surface area is 232 Å². The third kappa shape index (κ3) is 5.64. The van der Waals surface area contributed by atoms with Gasteiger partial charge in [0, 0.05) is 32.2 Å². The molecule has 39 heavy (non-hydrogen) atoms. The third-order valence-electron chi connectivity index (χ3n) is 9.35. The summed E-state index contributed by atoms with van der Waals surface area (Å²) in [6.45, 7) is 12.2. The van der Waals surface area contributed by atoms with Crippen molar-refractivity contribution >= 4 is 11.8 Å². The molecular formula is C32H41N3O4. The van der Waals surface area contributed by atoms with Crippen molar-refractivity contribution in [1.29, 1.82) is 0 Å². The van der Waals surface area contributed by atoms with Gasteiger partial charge in [-0.15, -0.1) is 0 Å². The fourth-order valence-electron chi connectivity index (χ4n) is 7.57. The van der Waals surface area contributed by atoms with E-state index in [4.69, 9.17) is 20.8 Å². The Bertz CT molecular complexity index is 1150. The molecule has 0 spiro atoms. The standard InChI is InChI=1S/C32H41N3O4/c1-33-26-12-14-27(15-13-26)39-21-7-18-34-19-16-25(17-20-34)32(29-10-6-11-30(29)37-2)23-35(31(36)38-3)22-24-8-4-5-9-28(24)32/h4-5,8-9,12-15,25,29-30H,6-7,10-11,16-23H2,2-3H3/t29-,30-,32?/m0/s1. The maximum atomic E-state index is 12.9. The Morgan fingerprint density at radius 3 is 2.54 bits per heavy atom. The second-order valence-electron chi connectivity index (χ2n) is 11.3. The molecule has 0 bridgehead atoms. The first-order valence-corrected chi connectivity index (χ1v) is 14.4. The van der Waals surface area contributed by atoms with Crippen LogP contribution in [0.25, 0.3) is 4.85 Å². The van der Waals surface area contributed by atoms with Crippen molar-refractivity contribution < 1.29 is 19.0 Å². The van der Waals surface area contributed by atoms with Crippen LogP contribution in [0.1, 0.15) is 49.7 Å². The highest BCUT2D eigenvalue weighted by Gasteiger charge is 2.55. The summed E-state index contributed by atoms with van der Waals surface area (Å²) in [7, 11) is 3.34. The quantitative estimate of drug-likeness (QED) is 0.306. The van der Waals surface area contributed by atoms with Gasteiger partial charge in [0.05, 0.1) is 26.4 Å². The first kappa shape index (κ1) is 27.5. The van der Waals surface area contributed by atoms with Gasteiger partial charge < -0.3 is 24.0 Å². The fourth-order valence-corrected chi connectivity index (χ4v) is 7.57. The van der Waals surface area contributed by atoms with Gasteiger partial charge in [0.15, 0.2) is 5.69 Å². The molecule has 0 aromatic heterocycles. The Kier molecular flexibility index (Phi) is 8.74. The Morgan fingerprint density at radius 1 is 1.05 bits per heavy atom. The zero-order valence-electron chi connectivity index (χ0n) is 23.3. The van der Waals surface area contributed by atoms with Crippen LogP contribution in [0.3, 0.4) is 0 Å². The number of rotatable bonds is 8. The summed E-state index contributed by atoms with van der Waals surface area (Å²) in [5.74, 6) is 1.68. The van der Waals surface area contributed by atoms with Gasteiger partial charge in [-0.1, -0.05) is 42.8 Å². The molecule has 2 aliphatic heterocycles. The normalized spacial score (nSPS) is 25.6. The van der Waals surface area contributed by atoms with E-state index in [1.54, 1.807) is 12.1 Å². The van der Waals surface area contributed by atoms with Crippen molar-refractivity contribution in [3.8, 4) is 5.75 Å². The lowest BCUT2D eigenvalue weighted by Gasteiger charge is -2.54.